The van der Waals surface area contributed by atoms with E-state index >= 15 is 0 Å². The van der Waals surface area contributed by atoms with Gasteiger partial charge in [0, 0.05) is 24.3 Å². The third-order valence-corrected chi connectivity index (χ3v) is 5.44. The third kappa shape index (κ3) is 4.31. The smallest absolute Gasteiger partial charge is 0.313 e. The van der Waals surface area contributed by atoms with Gasteiger partial charge in [-0.25, -0.2) is 4.79 Å². The van der Waals surface area contributed by atoms with Crippen LogP contribution in [0.2, 0.25) is 0 Å². The Hall–Kier alpha value is -3.15. The van der Waals surface area contributed by atoms with Crippen LogP contribution in [0, 0.1) is 13.8 Å². The third-order valence-electron chi connectivity index (χ3n) is 5.44. The van der Waals surface area contributed by atoms with Crippen molar-refractivity contribution in [3.8, 4) is 0 Å². The quantitative estimate of drug-likeness (QED) is 0.693. The summed E-state index contributed by atoms with van der Waals surface area (Å²) in [6.07, 6.45) is 4.43. The molecular weight excluding hydrogens is 362 g/mol. The number of hydrogen-bond acceptors (Lipinski definition) is 3. The molecule has 0 bridgehead atoms. The molecule has 2 heterocycles. The molecule has 0 aliphatic carbocycles. The molecule has 150 valence electrons. The number of rotatable bonds is 4. The molecule has 6 nitrogen and oxygen atoms in total. The molecule has 0 radical (unpaired) electrons. The minimum atomic E-state index is -0.172. The monoisotopic (exact) mass is 389 g/mol. The molecule has 0 saturated heterocycles. The van der Waals surface area contributed by atoms with Crippen LogP contribution in [-0.2, 0) is 19.5 Å². The number of amides is 2. The molecule has 0 fully saturated rings. The van der Waals surface area contributed by atoms with Crippen LogP contribution >= 0.6 is 0 Å². The van der Waals surface area contributed by atoms with Crippen LogP contribution < -0.4 is 10.2 Å². The van der Waals surface area contributed by atoms with Gasteiger partial charge in [-0.15, -0.1) is 10.2 Å². The first kappa shape index (κ1) is 19.2. The first-order valence-corrected chi connectivity index (χ1v) is 10.2. The summed E-state index contributed by atoms with van der Waals surface area (Å²) >= 11 is 0. The summed E-state index contributed by atoms with van der Waals surface area (Å²) < 4.78 is 2.19. The van der Waals surface area contributed by atoms with E-state index < -0.39 is 0 Å². The van der Waals surface area contributed by atoms with E-state index in [1.54, 1.807) is 4.90 Å². The summed E-state index contributed by atoms with van der Waals surface area (Å²) in [4.78, 5) is 15.0. The number of para-hydroxylation sites is 1. The first-order chi connectivity index (χ1) is 14.1. The van der Waals surface area contributed by atoms with Crippen molar-refractivity contribution in [1.82, 2.24) is 14.8 Å². The molecular formula is C23H27N5O. The largest absolute Gasteiger partial charge is 0.326 e. The lowest BCUT2D eigenvalue weighted by molar-refractivity contribution is 0.256. The summed E-state index contributed by atoms with van der Waals surface area (Å²) in [5.74, 6) is 1.87. The lowest BCUT2D eigenvalue weighted by atomic mass is 10.2. The number of aryl methyl sites for hydroxylation is 3. The Bertz CT molecular complexity index is 993. The zero-order valence-electron chi connectivity index (χ0n) is 17.1. The molecule has 1 aliphatic rings. The highest BCUT2D eigenvalue weighted by atomic mass is 16.2. The van der Waals surface area contributed by atoms with Crippen molar-refractivity contribution < 1.29 is 4.79 Å². The second-order valence-corrected chi connectivity index (χ2v) is 7.66. The molecule has 29 heavy (non-hydrogen) atoms. The molecule has 6 heteroatoms. The van der Waals surface area contributed by atoms with E-state index in [1.165, 1.54) is 6.42 Å². The molecule has 0 saturated carbocycles. The van der Waals surface area contributed by atoms with Gasteiger partial charge in [-0.3, -0.25) is 4.90 Å². The van der Waals surface area contributed by atoms with E-state index in [1.807, 2.05) is 62.4 Å². The highest BCUT2D eigenvalue weighted by Crippen LogP contribution is 2.24. The number of carbonyl (C=O) groups excluding carboxylic acids is 1. The molecule has 1 aliphatic heterocycles. The average molecular weight is 390 g/mol. The second kappa shape index (κ2) is 8.47. The number of hydrogen-bond donors (Lipinski definition) is 1. The predicted octanol–water partition coefficient (Wildman–Crippen LogP) is 4.86. The first-order valence-electron chi connectivity index (χ1n) is 10.2. The maximum absolute atomic E-state index is 13.3. The van der Waals surface area contributed by atoms with Gasteiger partial charge in [0.2, 0.25) is 0 Å². The maximum atomic E-state index is 13.3. The fraction of sp³-hybridized carbons (Fsp3) is 0.348. The van der Waals surface area contributed by atoms with Gasteiger partial charge in [0.05, 0.1) is 6.54 Å². The normalized spacial score (nSPS) is 13.4. The van der Waals surface area contributed by atoms with Crippen molar-refractivity contribution >= 4 is 17.4 Å². The maximum Gasteiger partial charge on any atom is 0.326 e. The summed E-state index contributed by atoms with van der Waals surface area (Å²) in [5.41, 5.74) is 3.86. The van der Waals surface area contributed by atoms with Crippen LogP contribution in [0.15, 0.2) is 48.5 Å². The predicted molar refractivity (Wildman–Crippen MR) is 115 cm³/mol. The SMILES string of the molecule is Cc1ccc(NC(=O)N(Cc2nnc3n2CCCCC3)c2ccccc2C)cc1. The van der Waals surface area contributed by atoms with Gasteiger partial charge < -0.3 is 9.88 Å². The molecule has 2 aromatic carbocycles. The Kier molecular flexibility index (Phi) is 5.60. The number of fused-ring (bicyclic) bond motifs is 1. The zero-order valence-corrected chi connectivity index (χ0v) is 17.1. The molecule has 1 N–H and O–H groups in total. The van der Waals surface area contributed by atoms with Gasteiger partial charge >= 0.3 is 6.03 Å². The number of nitrogens with one attached hydrogen (secondary N) is 1. The molecule has 0 unspecified atom stereocenters. The Morgan fingerprint density at radius 2 is 1.83 bits per heavy atom. The topological polar surface area (TPSA) is 63.1 Å². The van der Waals surface area contributed by atoms with Crippen molar-refractivity contribution in [3.05, 3.63) is 71.3 Å². The lowest BCUT2D eigenvalue weighted by Crippen LogP contribution is -2.36. The van der Waals surface area contributed by atoms with Crippen LogP contribution in [0.5, 0.6) is 0 Å². The Morgan fingerprint density at radius 3 is 2.62 bits per heavy atom. The number of nitrogens with zero attached hydrogens (tertiary/aromatic N) is 4. The number of benzene rings is 2. The number of carbonyl (C=O) groups is 1. The van der Waals surface area contributed by atoms with E-state index in [4.69, 9.17) is 0 Å². The summed E-state index contributed by atoms with van der Waals surface area (Å²) in [6, 6.07) is 15.6. The minimum absolute atomic E-state index is 0.172. The van der Waals surface area contributed by atoms with Gasteiger partial charge in [-0.2, -0.15) is 0 Å². The standard InChI is InChI=1S/C23H27N5O/c1-17-11-13-19(14-12-17)24-23(29)28(20-9-6-5-8-18(20)2)16-22-26-25-21-10-4-3-7-15-27(21)22/h5-6,8-9,11-14H,3-4,7,10,15-16H2,1-2H3,(H,24,29). The fourth-order valence-electron chi connectivity index (χ4n) is 3.76. The van der Waals surface area contributed by atoms with Crippen LogP contribution in [0.25, 0.3) is 0 Å². The summed E-state index contributed by atoms with van der Waals surface area (Å²) in [7, 11) is 0. The molecule has 0 atom stereocenters. The highest BCUT2D eigenvalue weighted by molar-refractivity contribution is 6.02. The zero-order chi connectivity index (χ0) is 20.2. The van der Waals surface area contributed by atoms with E-state index in [9.17, 15) is 4.79 Å². The van der Waals surface area contributed by atoms with Crippen LogP contribution in [0.3, 0.4) is 0 Å². The van der Waals surface area contributed by atoms with Gasteiger partial charge in [0.15, 0.2) is 5.82 Å². The molecule has 1 aromatic heterocycles. The Balaban J connectivity index is 1.64. The van der Waals surface area contributed by atoms with Crippen molar-refractivity contribution in [3.63, 3.8) is 0 Å². The number of urea groups is 1. The minimum Gasteiger partial charge on any atom is -0.313 e. The fourth-order valence-corrected chi connectivity index (χ4v) is 3.76. The molecule has 3 aromatic rings. The Morgan fingerprint density at radius 1 is 1.03 bits per heavy atom. The van der Waals surface area contributed by atoms with E-state index in [2.05, 4.69) is 20.1 Å². The highest BCUT2D eigenvalue weighted by Gasteiger charge is 2.23. The van der Waals surface area contributed by atoms with E-state index in [-0.39, 0.29) is 6.03 Å². The van der Waals surface area contributed by atoms with E-state index in [0.717, 1.165) is 60.0 Å². The molecule has 2 amide bonds. The lowest BCUT2D eigenvalue weighted by Gasteiger charge is -2.25. The van der Waals surface area contributed by atoms with Crippen molar-refractivity contribution in [2.24, 2.45) is 0 Å². The molecule has 0 spiro atoms. The van der Waals surface area contributed by atoms with Crippen LogP contribution in [0.4, 0.5) is 16.2 Å². The molecule has 4 rings (SSSR count). The second-order valence-electron chi connectivity index (χ2n) is 7.66. The number of aromatic nitrogens is 3. The van der Waals surface area contributed by atoms with Gasteiger partial charge in [-0.05, 0) is 50.5 Å². The van der Waals surface area contributed by atoms with Crippen molar-refractivity contribution in [2.75, 3.05) is 10.2 Å². The summed E-state index contributed by atoms with van der Waals surface area (Å²) in [5, 5.41) is 11.8. The van der Waals surface area contributed by atoms with E-state index in [0.29, 0.717) is 6.54 Å². The number of anilines is 2. The van der Waals surface area contributed by atoms with Crippen molar-refractivity contribution in [2.45, 2.75) is 52.6 Å². The van der Waals surface area contributed by atoms with Gasteiger partial charge in [0.25, 0.3) is 0 Å². The van der Waals surface area contributed by atoms with Gasteiger partial charge in [-0.1, -0.05) is 42.3 Å². The van der Waals surface area contributed by atoms with Gasteiger partial charge in [0.1, 0.15) is 5.82 Å². The van der Waals surface area contributed by atoms with Crippen LogP contribution in [0.1, 0.15) is 42.0 Å². The van der Waals surface area contributed by atoms with Crippen molar-refractivity contribution in [1.29, 1.82) is 0 Å². The van der Waals surface area contributed by atoms with Crippen LogP contribution in [-0.4, -0.2) is 20.8 Å². The Labute approximate surface area is 171 Å². The summed E-state index contributed by atoms with van der Waals surface area (Å²) in [6.45, 7) is 5.35. The average Bonchev–Trinajstić information content (AvgIpc) is 2.94.